The molecule has 0 saturated heterocycles. The molecule has 0 bridgehead atoms. The highest BCUT2D eigenvalue weighted by Gasteiger charge is 2.22. The van der Waals surface area contributed by atoms with Crippen LogP contribution in [0.1, 0.15) is 0 Å². The van der Waals surface area contributed by atoms with Gasteiger partial charge in [0.05, 0.1) is 25.3 Å². The molecule has 0 saturated carbocycles. The summed E-state index contributed by atoms with van der Waals surface area (Å²) in [6, 6.07) is 6.64. The van der Waals surface area contributed by atoms with Gasteiger partial charge in [-0.3, -0.25) is 10.1 Å². The molecular formula is C15H14N4O5. The molecule has 0 fully saturated rings. The molecule has 0 radical (unpaired) electrons. The molecule has 2 aromatic heterocycles. The lowest BCUT2D eigenvalue weighted by Gasteiger charge is -2.09. The number of rotatable bonds is 5. The van der Waals surface area contributed by atoms with Crippen LogP contribution in [-0.2, 0) is 7.05 Å². The van der Waals surface area contributed by atoms with Crippen molar-refractivity contribution in [2.24, 2.45) is 7.05 Å². The maximum atomic E-state index is 10.9. The van der Waals surface area contributed by atoms with Gasteiger partial charge in [-0.15, -0.1) is 10.2 Å². The maximum absolute atomic E-state index is 10.9. The summed E-state index contributed by atoms with van der Waals surface area (Å²) in [4.78, 5) is 10.4. The first-order valence-corrected chi connectivity index (χ1v) is 6.91. The van der Waals surface area contributed by atoms with Crippen molar-refractivity contribution >= 4 is 5.69 Å². The fraction of sp³-hybridized carbons (Fsp3) is 0.200. The van der Waals surface area contributed by atoms with E-state index in [1.807, 2.05) is 0 Å². The fourth-order valence-corrected chi connectivity index (χ4v) is 2.35. The molecule has 9 heteroatoms. The second kappa shape index (κ2) is 6.03. The lowest BCUT2D eigenvalue weighted by atomic mass is 10.2. The van der Waals surface area contributed by atoms with Crippen molar-refractivity contribution in [3.63, 3.8) is 0 Å². The summed E-state index contributed by atoms with van der Waals surface area (Å²) < 4.78 is 17.9. The number of benzene rings is 1. The Morgan fingerprint density at radius 3 is 2.33 bits per heavy atom. The van der Waals surface area contributed by atoms with Gasteiger partial charge in [0.25, 0.3) is 17.5 Å². The molecule has 0 amide bonds. The molecule has 0 aliphatic rings. The second-order valence-corrected chi connectivity index (χ2v) is 4.90. The third-order valence-electron chi connectivity index (χ3n) is 3.49. The van der Waals surface area contributed by atoms with Gasteiger partial charge in [-0.2, -0.15) is 0 Å². The lowest BCUT2D eigenvalue weighted by Crippen LogP contribution is -1.93. The molecular weight excluding hydrogens is 316 g/mol. The number of aromatic nitrogens is 3. The Labute approximate surface area is 136 Å². The van der Waals surface area contributed by atoms with Crippen molar-refractivity contribution in [2.45, 2.75) is 0 Å². The Morgan fingerprint density at radius 1 is 1.17 bits per heavy atom. The van der Waals surface area contributed by atoms with Crippen LogP contribution in [0.5, 0.6) is 11.5 Å². The molecule has 0 aliphatic heterocycles. The number of hydrogen-bond donors (Lipinski definition) is 0. The Hall–Kier alpha value is -3.36. The largest absolute Gasteiger partial charge is 0.496 e. The highest BCUT2D eigenvalue weighted by atomic mass is 16.6. The van der Waals surface area contributed by atoms with Crippen LogP contribution in [0.15, 0.2) is 34.9 Å². The van der Waals surface area contributed by atoms with Crippen LogP contribution in [0.3, 0.4) is 0 Å². The van der Waals surface area contributed by atoms with Crippen LogP contribution in [0.25, 0.3) is 23.0 Å². The molecule has 2 heterocycles. The molecule has 3 rings (SSSR count). The van der Waals surface area contributed by atoms with Crippen molar-refractivity contribution in [3.8, 4) is 34.5 Å². The summed E-state index contributed by atoms with van der Waals surface area (Å²) in [6.45, 7) is 0. The van der Waals surface area contributed by atoms with Crippen molar-refractivity contribution in [3.05, 3.63) is 40.6 Å². The van der Waals surface area contributed by atoms with Crippen LogP contribution < -0.4 is 9.47 Å². The number of aryl methyl sites for hydroxylation is 1. The average Bonchev–Trinajstić information content (AvgIpc) is 3.20. The van der Waals surface area contributed by atoms with Gasteiger partial charge >= 0.3 is 0 Å². The van der Waals surface area contributed by atoms with E-state index in [-0.39, 0.29) is 17.5 Å². The van der Waals surface area contributed by atoms with Gasteiger partial charge in [0.15, 0.2) is 0 Å². The summed E-state index contributed by atoms with van der Waals surface area (Å²) in [5, 5.41) is 18.9. The predicted molar refractivity (Wildman–Crippen MR) is 83.9 cm³/mol. The molecule has 0 aliphatic carbocycles. The van der Waals surface area contributed by atoms with Gasteiger partial charge in [-0.1, -0.05) is 6.07 Å². The Balaban J connectivity index is 2.08. The zero-order valence-corrected chi connectivity index (χ0v) is 13.2. The standard InChI is InChI=1S/C15H14N4O5/c1-18-8-9(19(20)21)7-10(18)14-16-17-15(24-14)13-11(22-2)5-4-6-12(13)23-3/h4-8H,1-3H3. The molecule has 9 nitrogen and oxygen atoms in total. The summed E-state index contributed by atoms with van der Waals surface area (Å²) >= 11 is 0. The van der Waals surface area contributed by atoms with E-state index in [1.165, 1.54) is 26.5 Å². The molecule has 1 aromatic carbocycles. The van der Waals surface area contributed by atoms with E-state index >= 15 is 0 Å². The van der Waals surface area contributed by atoms with Gasteiger partial charge < -0.3 is 18.5 Å². The summed E-state index contributed by atoms with van der Waals surface area (Å²) in [7, 11) is 4.71. The first-order chi connectivity index (χ1) is 11.5. The van der Waals surface area contributed by atoms with Crippen LogP contribution in [-0.4, -0.2) is 33.9 Å². The van der Waals surface area contributed by atoms with Crippen LogP contribution in [0.4, 0.5) is 5.69 Å². The third-order valence-corrected chi connectivity index (χ3v) is 3.49. The third kappa shape index (κ3) is 2.56. The second-order valence-electron chi connectivity index (χ2n) is 4.90. The first-order valence-electron chi connectivity index (χ1n) is 6.91. The molecule has 24 heavy (non-hydrogen) atoms. The van der Waals surface area contributed by atoms with Gasteiger partial charge in [-0.05, 0) is 12.1 Å². The smallest absolute Gasteiger partial charge is 0.287 e. The van der Waals surface area contributed by atoms with E-state index in [0.29, 0.717) is 22.8 Å². The van der Waals surface area contributed by atoms with Crippen molar-refractivity contribution in [1.82, 2.24) is 14.8 Å². The first kappa shape index (κ1) is 15.5. The maximum Gasteiger partial charge on any atom is 0.287 e. The molecule has 0 spiro atoms. The Kier molecular flexibility index (Phi) is 3.90. The van der Waals surface area contributed by atoms with Gasteiger partial charge in [0.2, 0.25) is 0 Å². The monoisotopic (exact) mass is 330 g/mol. The number of methoxy groups -OCH3 is 2. The molecule has 0 atom stereocenters. The van der Waals surface area contributed by atoms with Gasteiger partial charge in [0.1, 0.15) is 22.8 Å². The average molecular weight is 330 g/mol. The van der Waals surface area contributed by atoms with E-state index in [9.17, 15) is 10.1 Å². The van der Waals surface area contributed by atoms with E-state index in [2.05, 4.69) is 10.2 Å². The number of nitro groups is 1. The summed E-state index contributed by atoms with van der Waals surface area (Å²) in [6.07, 6.45) is 1.38. The zero-order chi connectivity index (χ0) is 17.3. The van der Waals surface area contributed by atoms with Crippen molar-refractivity contribution in [2.75, 3.05) is 14.2 Å². The predicted octanol–water partition coefficient (Wildman–Crippen LogP) is 2.67. The van der Waals surface area contributed by atoms with E-state index in [4.69, 9.17) is 13.9 Å². The van der Waals surface area contributed by atoms with Crippen LogP contribution in [0.2, 0.25) is 0 Å². The minimum absolute atomic E-state index is 0.0536. The van der Waals surface area contributed by atoms with Crippen LogP contribution >= 0.6 is 0 Å². The molecule has 124 valence electrons. The number of hydrogen-bond acceptors (Lipinski definition) is 7. The Morgan fingerprint density at radius 2 is 1.79 bits per heavy atom. The van der Waals surface area contributed by atoms with Gasteiger partial charge in [0, 0.05) is 13.1 Å². The van der Waals surface area contributed by atoms with Crippen molar-refractivity contribution < 1.29 is 18.8 Å². The van der Waals surface area contributed by atoms with E-state index in [0.717, 1.165) is 0 Å². The summed E-state index contributed by atoms with van der Waals surface area (Å²) in [5.74, 6) is 1.39. The molecule has 0 N–H and O–H groups in total. The summed E-state index contributed by atoms with van der Waals surface area (Å²) in [5.41, 5.74) is 0.904. The van der Waals surface area contributed by atoms with E-state index in [1.54, 1.807) is 29.8 Å². The quantitative estimate of drug-likeness (QED) is 0.523. The van der Waals surface area contributed by atoms with Crippen molar-refractivity contribution in [1.29, 1.82) is 0 Å². The number of nitrogens with zero attached hydrogens (tertiary/aromatic N) is 4. The van der Waals surface area contributed by atoms with Gasteiger partial charge in [-0.25, -0.2) is 0 Å². The SMILES string of the molecule is COc1cccc(OC)c1-c1nnc(-c2cc([N+](=O)[O-])cn2C)o1. The minimum Gasteiger partial charge on any atom is -0.496 e. The van der Waals surface area contributed by atoms with E-state index < -0.39 is 4.92 Å². The topological polar surface area (TPSA) is 105 Å². The normalized spacial score (nSPS) is 10.6. The molecule has 3 aromatic rings. The lowest BCUT2D eigenvalue weighted by molar-refractivity contribution is -0.384. The van der Waals surface area contributed by atoms with Crippen LogP contribution in [0, 0.1) is 10.1 Å². The minimum atomic E-state index is -0.482. The highest BCUT2D eigenvalue weighted by Crippen LogP contribution is 2.38. The fourth-order valence-electron chi connectivity index (χ4n) is 2.35. The molecule has 0 unspecified atom stereocenters. The zero-order valence-electron chi connectivity index (χ0n) is 13.2. The number of ether oxygens (including phenoxy) is 2. The Bertz CT molecular complexity index is 877. The highest BCUT2D eigenvalue weighted by molar-refractivity contribution is 5.71.